The second kappa shape index (κ2) is 3.23. The van der Waals surface area contributed by atoms with Crippen molar-refractivity contribution in [1.82, 2.24) is 15.8 Å². The van der Waals surface area contributed by atoms with E-state index in [-0.39, 0.29) is 0 Å². The molecule has 1 heterocycles. The van der Waals surface area contributed by atoms with Gasteiger partial charge in [-0.05, 0) is 0 Å². The van der Waals surface area contributed by atoms with Crippen molar-refractivity contribution in [3.63, 3.8) is 0 Å². The minimum Gasteiger partial charge on any atom is -0.302 e. The Kier molecular flexibility index (Phi) is 2.30. The Balaban J connectivity index is 2.23. The predicted octanol–water partition coefficient (Wildman–Crippen LogP) is -0.760. The number of hydrogen-bond acceptors (Lipinski definition) is 4. The number of nitrogens with zero attached hydrogens (tertiary/aromatic N) is 2. The first-order chi connectivity index (χ1) is 4.83. The summed E-state index contributed by atoms with van der Waals surface area (Å²) in [6.07, 6.45) is 0. The summed E-state index contributed by atoms with van der Waals surface area (Å²) in [6.45, 7) is 2.10. The summed E-state index contributed by atoms with van der Waals surface area (Å²) in [5.41, 5.74) is 2.28. The van der Waals surface area contributed by atoms with Gasteiger partial charge < -0.3 is 5.32 Å². The van der Waals surface area contributed by atoms with Crippen molar-refractivity contribution in [2.75, 3.05) is 19.8 Å². The van der Waals surface area contributed by atoms with Crippen LogP contribution in [-0.2, 0) is 0 Å². The van der Waals surface area contributed by atoms with Crippen molar-refractivity contribution in [3.8, 4) is 0 Å². The van der Waals surface area contributed by atoms with Crippen LogP contribution < -0.4 is 10.7 Å². The minimum absolute atomic E-state index is 0.571. The van der Waals surface area contributed by atoms with E-state index in [9.17, 15) is 9.70 Å². The van der Waals surface area contributed by atoms with Gasteiger partial charge in [-0.15, -0.1) is 4.91 Å². The first-order valence-electron chi connectivity index (χ1n) is 2.92. The number of rotatable bonds is 1. The smallest absolute Gasteiger partial charge is 0.302 e. The molecule has 0 unspecified atom stereocenters. The minimum atomic E-state index is -0.844. The molecule has 0 spiro atoms. The maximum absolute atomic E-state index is 10.3. The van der Waals surface area contributed by atoms with Crippen molar-refractivity contribution < 1.29 is 4.79 Å². The molecule has 0 aromatic rings. The van der Waals surface area contributed by atoms with Crippen LogP contribution in [0.1, 0.15) is 0 Å². The standard InChI is InChI=1S/C4H8N4O2/c9-4(7-10)6-8-2-1-5-3-8/h5H,1-3H2,(H,6,9). The molecule has 0 saturated carbocycles. The molecule has 1 saturated heterocycles. The molecule has 1 aliphatic heterocycles. The lowest BCUT2D eigenvalue weighted by Crippen LogP contribution is -2.39. The molecule has 0 aromatic carbocycles. The highest BCUT2D eigenvalue weighted by atomic mass is 16.3. The van der Waals surface area contributed by atoms with Crippen molar-refractivity contribution in [1.29, 1.82) is 0 Å². The highest BCUT2D eigenvalue weighted by Crippen LogP contribution is 1.86. The molecule has 1 aliphatic rings. The SMILES string of the molecule is O=NC(=O)NN1CCNC1. The molecule has 2 N–H and O–H groups in total. The number of hydrazine groups is 1. The first kappa shape index (κ1) is 7.10. The summed E-state index contributed by atoms with van der Waals surface area (Å²) >= 11 is 0. The first-order valence-corrected chi connectivity index (χ1v) is 2.92. The summed E-state index contributed by atoms with van der Waals surface area (Å²) in [4.78, 5) is 19.9. The molecule has 6 nitrogen and oxygen atoms in total. The van der Waals surface area contributed by atoms with Gasteiger partial charge in [0, 0.05) is 18.3 Å². The van der Waals surface area contributed by atoms with E-state index < -0.39 is 6.03 Å². The van der Waals surface area contributed by atoms with E-state index in [0.717, 1.165) is 6.54 Å². The lowest BCUT2D eigenvalue weighted by atomic mass is 10.7. The topological polar surface area (TPSA) is 73.8 Å². The van der Waals surface area contributed by atoms with Crippen molar-refractivity contribution in [3.05, 3.63) is 4.91 Å². The van der Waals surface area contributed by atoms with Crippen LogP contribution in [0.3, 0.4) is 0 Å². The van der Waals surface area contributed by atoms with Crippen molar-refractivity contribution >= 4 is 6.03 Å². The highest BCUT2D eigenvalue weighted by molar-refractivity contribution is 5.73. The largest absolute Gasteiger partial charge is 0.392 e. The zero-order valence-electron chi connectivity index (χ0n) is 5.33. The van der Waals surface area contributed by atoms with Crippen LogP contribution in [0.15, 0.2) is 5.18 Å². The summed E-state index contributed by atoms with van der Waals surface area (Å²) in [6, 6.07) is -0.844. The molecular formula is C4H8N4O2. The van der Waals surface area contributed by atoms with E-state index >= 15 is 0 Å². The van der Waals surface area contributed by atoms with Crippen LogP contribution in [0.4, 0.5) is 4.79 Å². The van der Waals surface area contributed by atoms with Gasteiger partial charge in [-0.1, -0.05) is 0 Å². The summed E-state index contributed by atoms with van der Waals surface area (Å²) in [5, 5.41) is 6.74. The van der Waals surface area contributed by atoms with Crippen molar-refractivity contribution in [2.24, 2.45) is 5.18 Å². The zero-order valence-corrected chi connectivity index (χ0v) is 5.33. The Morgan fingerprint density at radius 1 is 1.70 bits per heavy atom. The van der Waals surface area contributed by atoms with Gasteiger partial charge in [0.1, 0.15) is 0 Å². The number of nitrogens with one attached hydrogen (secondary N) is 2. The Bertz CT molecular complexity index is 142. The Labute approximate surface area is 57.5 Å². The molecule has 1 fully saturated rings. The maximum Gasteiger partial charge on any atom is 0.392 e. The van der Waals surface area contributed by atoms with Crippen molar-refractivity contribution in [2.45, 2.75) is 0 Å². The fourth-order valence-corrected chi connectivity index (χ4v) is 0.758. The Hall–Kier alpha value is -1.01. The quantitative estimate of drug-likeness (QED) is 0.474. The molecule has 1 rings (SSSR count). The Morgan fingerprint density at radius 3 is 3.00 bits per heavy atom. The van der Waals surface area contributed by atoms with E-state index in [1.54, 1.807) is 5.01 Å². The molecule has 0 aliphatic carbocycles. The van der Waals surface area contributed by atoms with Gasteiger partial charge in [-0.25, -0.2) is 9.80 Å². The van der Waals surface area contributed by atoms with Gasteiger partial charge in [0.15, 0.2) is 0 Å². The molecular weight excluding hydrogens is 136 g/mol. The monoisotopic (exact) mass is 144 g/mol. The second-order valence-corrected chi connectivity index (χ2v) is 1.93. The van der Waals surface area contributed by atoms with Crippen LogP contribution in [-0.4, -0.2) is 30.8 Å². The van der Waals surface area contributed by atoms with E-state index in [1.165, 1.54) is 0 Å². The highest BCUT2D eigenvalue weighted by Gasteiger charge is 2.12. The number of nitroso groups, excluding NO2 is 1. The van der Waals surface area contributed by atoms with Gasteiger partial charge in [-0.2, -0.15) is 0 Å². The molecule has 56 valence electrons. The number of hydrogen-bond donors (Lipinski definition) is 2. The third-order valence-corrected chi connectivity index (χ3v) is 1.20. The number of amides is 2. The molecule has 0 aromatic heterocycles. The van der Waals surface area contributed by atoms with Gasteiger partial charge in [0.05, 0.1) is 6.67 Å². The fraction of sp³-hybridized carbons (Fsp3) is 0.750. The molecule has 6 heteroatoms. The van der Waals surface area contributed by atoms with Gasteiger partial charge >= 0.3 is 6.03 Å². The number of carbonyl (C=O) groups is 1. The maximum atomic E-state index is 10.3. The number of carbonyl (C=O) groups excluding carboxylic acids is 1. The van der Waals surface area contributed by atoms with Gasteiger partial charge in [0.2, 0.25) is 0 Å². The summed E-state index contributed by atoms with van der Waals surface area (Å²) < 4.78 is 0. The number of urea groups is 1. The average molecular weight is 144 g/mol. The third kappa shape index (κ3) is 1.74. The van der Waals surface area contributed by atoms with E-state index in [1.807, 2.05) is 0 Å². The zero-order chi connectivity index (χ0) is 7.40. The van der Waals surface area contributed by atoms with Crippen LogP contribution in [0.2, 0.25) is 0 Å². The molecule has 0 bridgehead atoms. The second-order valence-electron chi connectivity index (χ2n) is 1.93. The van der Waals surface area contributed by atoms with E-state index in [4.69, 9.17) is 0 Å². The summed E-state index contributed by atoms with van der Waals surface area (Å²) in [7, 11) is 0. The van der Waals surface area contributed by atoms with E-state index in [0.29, 0.717) is 13.2 Å². The van der Waals surface area contributed by atoms with E-state index in [2.05, 4.69) is 15.9 Å². The lowest BCUT2D eigenvalue weighted by Gasteiger charge is -2.10. The lowest BCUT2D eigenvalue weighted by molar-refractivity contribution is 0.204. The van der Waals surface area contributed by atoms with Gasteiger partial charge in [-0.3, -0.25) is 5.43 Å². The summed E-state index contributed by atoms with van der Waals surface area (Å²) in [5.74, 6) is 0. The van der Waals surface area contributed by atoms with Crippen LogP contribution in [0, 0.1) is 4.91 Å². The molecule has 2 amide bonds. The fourth-order valence-electron chi connectivity index (χ4n) is 0.758. The molecule has 0 radical (unpaired) electrons. The van der Waals surface area contributed by atoms with Crippen LogP contribution >= 0.6 is 0 Å². The normalized spacial score (nSPS) is 18.8. The molecule has 10 heavy (non-hydrogen) atoms. The molecule has 0 atom stereocenters. The van der Waals surface area contributed by atoms with Crippen LogP contribution in [0.25, 0.3) is 0 Å². The third-order valence-electron chi connectivity index (χ3n) is 1.20. The Morgan fingerprint density at radius 2 is 2.50 bits per heavy atom. The predicted molar refractivity (Wildman–Crippen MR) is 33.9 cm³/mol. The average Bonchev–Trinajstić information content (AvgIpc) is 2.40. The van der Waals surface area contributed by atoms with Gasteiger partial charge in [0.25, 0.3) is 0 Å². The van der Waals surface area contributed by atoms with Crippen LogP contribution in [0.5, 0.6) is 0 Å².